The van der Waals surface area contributed by atoms with Gasteiger partial charge in [0, 0.05) is 12.6 Å². The maximum Gasteiger partial charge on any atom is 0.123 e. The number of rotatable bonds is 6. The Kier molecular flexibility index (Phi) is 5.43. The van der Waals surface area contributed by atoms with Crippen molar-refractivity contribution in [3.63, 3.8) is 0 Å². The zero-order chi connectivity index (χ0) is 12.0. The van der Waals surface area contributed by atoms with Gasteiger partial charge in [-0.2, -0.15) is 0 Å². The van der Waals surface area contributed by atoms with Crippen molar-refractivity contribution in [2.45, 2.75) is 38.8 Å². The van der Waals surface area contributed by atoms with E-state index in [4.69, 9.17) is 10.5 Å². The predicted molar refractivity (Wildman–Crippen MR) is 63.7 cm³/mol. The van der Waals surface area contributed by atoms with E-state index in [0.717, 1.165) is 18.4 Å². The second kappa shape index (κ2) is 6.61. The first-order chi connectivity index (χ1) is 7.65. The molecule has 0 spiro atoms. The summed E-state index contributed by atoms with van der Waals surface area (Å²) in [4.78, 5) is 0. The number of hydrogen-bond acceptors (Lipinski definition) is 2. The van der Waals surface area contributed by atoms with Gasteiger partial charge < -0.3 is 10.5 Å². The number of nitrogens with two attached hydrogens (primary N) is 1. The molecule has 90 valence electrons. The van der Waals surface area contributed by atoms with Crippen LogP contribution in [0.25, 0.3) is 0 Å². The van der Waals surface area contributed by atoms with Crippen LogP contribution in [0.2, 0.25) is 0 Å². The number of ether oxygens (including phenoxy) is 1. The van der Waals surface area contributed by atoms with Gasteiger partial charge in [-0.15, -0.1) is 0 Å². The third kappa shape index (κ3) is 3.91. The fraction of sp³-hybridized carbons (Fsp3) is 0.538. The molecule has 0 aliphatic carbocycles. The van der Waals surface area contributed by atoms with Crippen LogP contribution in [0.15, 0.2) is 24.3 Å². The summed E-state index contributed by atoms with van der Waals surface area (Å²) in [6.07, 6.45) is 1.96. The van der Waals surface area contributed by atoms with Gasteiger partial charge in [0.05, 0.1) is 6.10 Å². The molecule has 0 aliphatic heterocycles. The Morgan fingerprint density at radius 2 is 1.94 bits per heavy atom. The first-order valence-electron chi connectivity index (χ1n) is 5.77. The second-order valence-electron chi connectivity index (χ2n) is 4.06. The molecule has 2 atom stereocenters. The van der Waals surface area contributed by atoms with Crippen molar-refractivity contribution < 1.29 is 9.13 Å². The molecule has 2 N–H and O–H groups in total. The zero-order valence-electron chi connectivity index (χ0n) is 9.95. The fourth-order valence-corrected chi connectivity index (χ4v) is 1.56. The van der Waals surface area contributed by atoms with Crippen molar-refractivity contribution in [3.8, 4) is 0 Å². The van der Waals surface area contributed by atoms with E-state index >= 15 is 0 Å². The van der Waals surface area contributed by atoms with E-state index in [0.29, 0.717) is 6.61 Å². The lowest BCUT2D eigenvalue weighted by Crippen LogP contribution is -2.27. The molecule has 2 unspecified atom stereocenters. The SMILES string of the molecule is CCCCOC(c1ccc(F)cc1)C(C)N. The molecule has 16 heavy (non-hydrogen) atoms. The van der Waals surface area contributed by atoms with Crippen LogP contribution in [0.1, 0.15) is 38.4 Å². The van der Waals surface area contributed by atoms with E-state index in [-0.39, 0.29) is 18.0 Å². The third-order valence-corrected chi connectivity index (χ3v) is 2.47. The highest BCUT2D eigenvalue weighted by Gasteiger charge is 2.16. The maximum absolute atomic E-state index is 12.8. The van der Waals surface area contributed by atoms with Crippen molar-refractivity contribution in [1.29, 1.82) is 0 Å². The molecule has 3 heteroatoms. The van der Waals surface area contributed by atoms with Gasteiger partial charge in [0.25, 0.3) is 0 Å². The monoisotopic (exact) mass is 225 g/mol. The van der Waals surface area contributed by atoms with E-state index in [1.165, 1.54) is 12.1 Å². The van der Waals surface area contributed by atoms with Crippen LogP contribution in [-0.2, 0) is 4.74 Å². The molecule has 0 fully saturated rings. The molecule has 1 aromatic carbocycles. The van der Waals surface area contributed by atoms with Gasteiger partial charge in [0.2, 0.25) is 0 Å². The van der Waals surface area contributed by atoms with Gasteiger partial charge in [-0.25, -0.2) is 4.39 Å². The lowest BCUT2D eigenvalue weighted by molar-refractivity contribution is 0.0365. The number of unbranched alkanes of at least 4 members (excludes halogenated alkanes) is 1. The van der Waals surface area contributed by atoms with E-state index < -0.39 is 0 Å². The van der Waals surface area contributed by atoms with Crippen molar-refractivity contribution in [3.05, 3.63) is 35.6 Å². The topological polar surface area (TPSA) is 35.2 Å². The minimum atomic E-state index is -0.235. The van der Waals surface area contributed by atoms with Crippen molar-refractivity contribution in [1.82, 2.24) is 0 Å². The van der Waals surface area contributed by atoms with Crippen LogP contribution in [-0.4, -0.2) is 12.6 Å². The average Bonchev–Trinajstić information content (AvgIpc) is 2.26. The summed E-state index contributed by atoms with van der Waals surface area (Å²) in [5, 5.41) is 0. The van der Waals surface area contributed by atoms with E-state index in [1.54, 1.807) is 12.1 Å². The Morgan fingerprint density at radius 1 is 1.31 bits per heavy atom. The Labute approximate surface area is 96.6 Å². The summed E-state index contributed by atoms with van der Waals surface area (Å²) in [7, 11) is 0. The number of hydrogen-bond donors (Lipinski definition) is 1. The zero-order valence-corrected chi connectivity index (χ0v) is 9.95. The van der Waals surface area contributed by atoms with Crippen LogP contribution in [0.5, 0.6) is 0 Å². The predicted octanol–water partition coefficient (Wildman–Crippen LogP) is 3.03. The van der Waals surface area contributed by atoms with Gasteiger partial charge in [-0.1, -0.05) is 25.5 Å². The molecule has 0 aliphatic rings. The summed E-state index contributed by atoms with van der Waals surface area (Å²) < 4.78 is 18.5. The number of benzene rings is 1. The fourth-order valence-electron chi connectivity index (χ4n) is 1.56. The van der Waals surface area contributed by atoms with Gasteiger partial charge in [0.15, 0.2) is 0 Å². The standard InChI is InChI=1S/C13H20FNO/c1-3-4-9-16-13(10(2)15)11-5-7-12(14)8-6-11/h5-8,10,13H,3-4,9,15H2,1-2H3. The first kappa shape index (κ1) is 13.1. The van der Waals surface area contributed by atoms with Crippen LogP contribution < -0.4 is 5.73 Å². The molecular weight excluding hydrogens is 205 g/mol. The molecule has 1 aromatic rings. The highest BCUT2D eigenvalue weighted by molar-refractivity contribution is 5.19. The quantitative estimate of drug-likeness (QED) is 0.755. The maximum atomic E-state index is 12.8. The van der Waals surface area contributed by atoms with Gasteiger partial charge in [0.1, 0.15) is 5.82 Å². The molecule has 0 amide bonds. The summed E-state index contributed by atoms with van der Waals surface area (Å²) in [5.41, 5.74) is 6.81. The molecule has 0 saturated heterocycles. The smallest absolute Gasteiger partial charge is 0.123 e. The van der Waals surface area contributed by atoms with Crippen LogP contribution in [0.3, 0.4) is 0 Å². The summed E-state index contributed by atoms with van der Waals surface area (Å²) in [5.74, 6) is -0.235. The Morgan fingerprint density at radius 3 is 2.44 bits per heavy atom. The Balaban J connectivity index is 2.65. The second-order valence-corrected chi connectivity index (χ2v) is 4.06. The van der Waals surface area contributed by atoms with Crippen molar-refractivity contribution in [2.24, 2.45) is 5.73 Å². The summed E-state index contributed by atoms with van der Waals surface area (Å²) in [6.45, 7) is 4.71. The molecule has 0 heterocycles. The van der Waals surface area contributed by atoms with E-state index in [9.17, 15) is 4.39 Å². The highest BCUT2D eigenvalue weighted by Crippen LogP contribution is 2.21. The minimum absolute atomic E-state index is 0.0951. The van der Waals surface area contributed by atoms with Crippen LogP contribution in [0, 0.1) is 5.82 Å². The molecule has 2 nitrogen and oxygen atoms in total. The number of halogens is 1. The van der Waals surface area contributed by atoms with Gasteiger partial charge in [-0.3, -0.25) is 0 Å². The summed E-state index contributed by atoms with van der Waals surface area (Å²) >= 11 is 0. The molecule has 0 bridgehead atoms. The minimum Gasteiger partial charge on any atom is -0.372 e. The summed E-state index contributed by atoms with van der Waals surface area (Å²) in [6, 6.07) is 6.24. The Hall–Kier alpha value is -0.930. The van der Waals surface area contributed by atoms with Gasteiger partial charge >= 0.3 is 0 Å². The van der Waals surface area contributed by atoms with Crippen molar-refractivity contribution in [2.75, 3.05) is 6.61 Å². The van der Waals surface area contributed by atoms with Crippen LogP contribution in [0.4, 0.5) is 4.39 Å². The molecule has 0 aromatic heterocycles. The van der Waals surface area contributed by atoms with E-state index in [1.807, 2.05) is 6.92 Å². The molecular formula is C13H20FNO. The van der Waals surface area contributed by atoms with Crippen molar-refractivity contribution >= 4 is 0 Å². The van der Waals surface area contributed by atoms with E-state index in [2.05, 4.69) is 6.92 Å². The first-order valence-corrected chi connectivity index (χ1v) is 5.77. The van der Waals surface area contributed by atoms with Crippen LogP contribution >= 0.6 is 0 Å². The lowest BCUT2D eigenvalue weighted by atomic mass is 10.0. The molecule has 0 radical (unpaired) electrons. The largest absolute Gasteiger partial charge is 0.372 e. The highest BCUT2D eigenvalue weighted by atomic mass is 19.1. The lowest BCUT2D eigenvalue weighted by Gasteiger charge is -2.21. The average molecular weight is 225 g/mol. The third-order valence-electron chi connectivity index (χ3n) is 2.47. The van der Waals surface area contributed by atoms with Gasteiger partial charge in [-0.05, 0) is 31.0 Å². The molecule has 1 rings (SSSR count). The Bertz CT molecular complexity index is 297. The molecule has 0 saturated carbocycles. The normalized spacial score (nSPS) is 14.8.